The van der Waals surface area contributed by atoms with E-state index in [1.807, 2.05) is 48.5 Å². The first-order valence-corrected chi connectivity index (χ1v) is 8.56. The zero-order valence-electron chi connectivity index (χ0n) is 13.1. The standard InChI is InChI=1S/C17H18IN5/c1-22(2)14-5-7-15(8-6-14)23-20-16-9-4-13(12-17(16)21-23)19-11-3-10-18/h3-10,12,19H,11H2,1-2H3. The maximum atomic E-state index is 4.58. The highest BCUT2D eigenvalue weighted by atomic mass is 127. The van der Waals surface area contributed by atoms with Crippen molar-refractivity contribution in [2.75, 3.05) is 30.9 Å². The lowest BCUT2D eigenvalue weighted by molar-refractivity contribution is 0.765. The summed E-state index contributed by atoms with van der Waals surface area (Å²) in [5, 5.41) is 12.5. The van der Waals surface area contributed by atoms with Crippen molar-refractivity contribution in [2.45, 2.75) is 0 Å². The van der Waals surface area contributed by atoms with Gasteiger partial charge in [-0.25, -0.2) is 0 Å². The lowest BCUT2D eigenvalue weighted by Crippen LogP contribution is -2.08. The zero-order valence-corrected chi connectivity index (χ0v) is 15.2. The Bertz CT molecular complexity index is 821. The van der Waals surface area contributed by atoms with Crippen LogP contribution in [-0.4, -0.2) is 35.6 Å². The van der Waals surface area contributed by atoms with Gasteiger partial charge in [0.1, 0.15) is 11.0 Å². The first kappa shape index (κ1) is 15.8. The minimum atomic E-state index is 0.800. The molecule has 1 heterocycles. The predicted molar refractivity (Wildman–Crippen MR) is 105 cm³/mol. The summed E-state index contributed by atoms with van der Waals surface area (Å²) in [6, 6.07) is 14.2. The normalized spacial score (nSPS) is 11.3. The van der Waals surface area contributed by atoms with Gasteiger partial charge in [-0.15, -0.1) is 10.2 Å². The monoisotopic (exact) mass is 419 g/mol. The maximum Gasteiger partial charge on any atom is 0.115 e. The molecule has 3 rings (SSSR count). The van der Waals surface area contributed by atoms with Crippen molar-refractivity contribution in [3.8, 4) is 5.69 Å². The largest absolute Gasteiger partial charge is 0.381 e. The van der Waals surface area contributed by atoms with Crippen LogP contribution in [0, 0.1) is 0 Å². The van der Waals surface area contributed by atoms with Gasteiger partial charge in [0.05, 0.1) is 5.69 Å². The van der Waals surface area contributed by atoms with Crippen LogP contribution in [0.1, 0.15) is 0 Å². The average Bonchev–Trinajstić information content (AvgIpc) is 2.98. The van der Waals surface area contributed by atoms with Crippen molar-refractivity contribution >= 4 is 45.0 Å². The van der Waals surface area contributed by atoms with Crippen molar-refractivity contribution in [2.24, 2.45) is 0 Å². The Morgan fingerprint density at radius 3 is 2.52 bits per heavy atom. The van der Waals surface area contributed by atoms with Crippen LogP contribution in [0.3, 0.4) is 0 Å². The third-order valence-corrected chi connectivity index (χ3v) is 4.00. The van der Waals surface area contributed by atoms with Gasteiger partial charge in [-0.2, -0.15) is 4.80 Å². The third-order valence-electron chi connectivity index (χ3n) is 3.49. The molecule has 2 aromatic carbocycles. The lowest BCUT2D eigenvalue weighted by Gasteiger charge is -2.12. The molecular formula is C17H18IN5. The van der Waals surface area contributed by atoms with E-state index in [-0.39, 0.29) is 0 Å². The van der Waals surface area contributed by atoms with E-state index in [0.717, 1.165) is 34.6 Å². The Balaban J connectivity index is 1.87. The Hall–Kier alpha value is -2.09. The second kappa shape index (κ2) is 6.99. The van der Waals surface area contributed by atoms with Crippen LogP contribution in [0.15, 0.2) is 52.6 Å². The SMILES string of the molecule is CN(C)c1ccc(-n2nc3ccc(NCC=CI)cc3n2)cc1. The molecule has 0 saturated carbocycles. The third kappa shape index (κ3) is 3.64. The highest BCUT2D eigenvalue weighted by molar-refractivity contribution is 14.1. The number of hydrogen-bond donors (Lipinski definition) is 1. The number of anilines is 2. The van der Waals surface area contributed by atoms with Crippen molar-refractivity contribution in [1.82, 2.24) is 15.0 Å². The molecule has 5 nitrogen and oxygen atoms in total. The predicted octanol–water partition coefficient (Wildman–Crippen LogP) is 3.85. The van der Waals surface area contributed by atoms with Gasteiger partial charge in [0.25, 0.3) is 0 Å². The maximum absolute atomic E-state index is 4.58. The highest BCUT2D eigenvalue weighted by Gasteiger charge is 2.06. The fourth-order valence-corrected chi connectivity index (χ4v) is 2.50. The molecule has 3 aromatic rings. The number of hydrogen-bond acceptors (Lipinski definition) is 4. The van der Waals surface area contributed by atoms with Gasteiger partial charge < -0.3 is 10.2 Å². The zero-order chi connectivity index (χ0) is 16.2. The smallest absolute Gasteiger partial charge is 0.115 e. The first-order chi connectivity index (χ1) is 11.2. The van der Waals surface area contributed by atoms with E-state index in [0.29, 0.717) is 0 Å². The summed E-state index contributed by atoms with van der Waals surface area (Å²) < 4.78 is 2.00. The topological polar surface area (TPSA) is 46.0 Å². The molecule has 0 radical (unpaired) electrons. The van der Waals surface area contributed by atoms with Gasteiger partial charge in [0.15, 0.2) is 0 Å². The number of nitrogens with one attached hydrogen (secondary N) is 1. The van der Waals surface area contributed by atoms with Gasteiger partial charge in [0.2, 0.25) is 0 Å². The summed E-state index contributed by atoms with van der Waals surface area (Å²) in [5.74, 6) is 0. The second-order valence-electron chi connectivity index (χ2n) is 5.35. The van der Waals surface area contributed by atoms with Crippen LogP contribution in [0.4, 0.5) is 11.4 Å². The minimum Gasteiger partial charge on any atom is -0.381 e. The molecule has 0 aliphatic heterocycles. The molecule has 23 heavy (non-hydrogen) atoms. The molecule has 1 aromatic heterocycles. The van der Waals surface area contributed by atoms with Crippen molar-refractivity contribution < 1.29 is 0 Å². The molecular weight excluding hydrogens is 401 g/mol. The van der Waals surface area contributed by atoms with Crippen LogP contribution in [0.25, 0.3) is 16.7 Å². The first-order valence-electron chi connectivity index (χ1n) is 7.31. The number of benzene rings is 2. The van der Waals surface area contributed by atoms with E-state index in [1.54, 1.807) is 4.80 Å². The molecule has 0 atom stereocenters. The van der Waals surface area contributed by atoms with E-state index in [9.17, 15) is 0 Å². The van der Waals surface area contributed by atoms with E-state index >= 15 is 0 Å². The van der Waals surface area contributed by atoms with Crippen LogP contribution < -0.4 is 10.2 Å². The van der Waals surface area contributed by atoms with Crippen LogP contribution in [0.2, 0.25) is 0 Å². The van der Waals surface area contributed by atoms with Gasteiger partial charge in [0, 0.05) is 32.0 Å². The molecule has 0 aliphatic carbocycles. The van der Waals surface area contributed by atoms with Gasteiger partial charge in [-0.3, -0.25) is 0 Å². The Labute approximate surface area is 149 Å². The van der Waals surface area contributed by atoms with E-state index in [4.69, 9.17) is 0 Å². The van der Waals surface area contributed by atoms with Crippen molar-refractivity contribution in [3.63, 3.8) is 0 Å². The van der Waals surface area contributed by atoms with E-state index in [2.05, 4.69) is 61.2 Å². The highest BCUT2D eigenvalue weighted by Crippen LogP contribution is 2.19. The molecule has 118 valence electrons. The van der Waals surface area contributed by atoms with Crippen molar-refractivity contribution in [3.05, 3.63) is 52.6 Å². The van der Waals surface area contributed by atoms with Crippen LogP contribution in [-0.2, 0) is 0 Å². The summed E-state index contributed by atoms with van der Waals surface area (Å²) in [6.45, 7) is 0.800. The second-order valence-corrected chi connectivity index (χ2v) is 6.07. The summed E-state index contributed by atoms with van der Waals surface area (Å²) in [7, 11) is 4.05. The molecule has 0 unspecified atom stereocenters. The molecule has 0 bridgehead atoms. The quantitative estimate of drug-likeness (QED) is 0.639. The van der Waals surface area contributed by atoms with E-state index in [1.165, 1.54) is 0 Å². The fraction of sp³-hybridized carbons (Fsp3) is 0.176. The van der Waals surface area contributed by atoms with Crippen LogP contribution >= 0.6 is 22.6 Å². The summed E-state index contributed by atoms with van der Waals surface area (Å²) in [6.07, 6.45) is 2.06. The fourth-order valence-electron chi connectivity index (χ4n) is 2.25. The summed E-state index contributed by atoms with van der Waals surface area (Å²) >= 11 is 2.21. The number of halogens is 1. The molecule has 0 aliphatic rings. The molecule has 0 fully saturated rings. The van der Waals surface area contributed by atoms with Crippen molar-refractivity contribution in [1.29, 1.82) is 0 Å². The van der Waals surface area contributed by atoms with Crippen LogP contribution in [0.5, 0.6) is 0 Å². The summed E-state index contributed by atoms with van der Waals surface area (Å²) in [5.41, 5.74) is 4.92. The number of aromatic nitrogens is 3. The van der Waals surface area contributed by atoms with Gasteiger partial charge in [-0.1, -0.05) is 28.7 Å². The van der Waals surface area contributed by atoms with E-state index < -0.39 is 0 Å². The number of nitrogens with zero attached hydrogens (tertiary/aromatic N) is 4. The van der Waals surface area contributed by atoms with Gasteiger partial charge >= 0.3 is 0 Å². The molecule has 6 heteroatoms. The molecule has 1 N–H and O–H groups in total. The van der Waals surface area contributed by atoms with Gasteiger partial charge in [-0.05, 0) is 46.5 Å². The summed E-state index contributed by atoms with van der Waals surface area (Å²) in [4.78, 5) is 3.75. The Morgan fingerprint density at radius 1 is 1.09 bits per heavy atom. The Morgan fingerprint density at radius 2 is 1.83 bits per heavy atom. The number of fused-ring (bicyclic) bond motifs is 1. The molecule has 0 spiro atoms. The Kier molecular flexibility index (Phi) is 4.80. The average molecular weight is 419 g/mol. The lowest BCUT2D eigenvalue weighted by atomic mass is 10.3. The molecule has 0 saturated heterocycles. The molecule has 0 amide bonds. The number of rotatable bonds is 5. The minimum absolute atomic E-state index is 0.800.